The molecule has 0 aliphatic rings. The second-order valence-corrected chi connectivity index (χ2v) is 5.02. The minimum atomic E-state index is -0.409. The molecule has 2 N–H and O–H groups in total. The number of anilines is 1. The van der Waals surface area contributed by atoms with Gasteiger partial charge < -0.3 is 4.74 Å². The first-order chi connectivity index (χ1) is 10.0. The maximum atomic E-state index is 12.4. The molecule has 0 saturated carbocycles. The predicted octanol–water partition coefficient (Wildman–Crippen LogP) is 3.91. The zero-order chi connectivity index (χ0) is 15.4. The number of amides is 1. The lowest BCUT2D eigenvalue weighted by atomic mass is 10.2. The molecule has 1 amide bonds. The number of hydrogen-bond donors (Lipinski definition) is 1. The van der Waals surface area contributed by atoms with Crippen molar-refractivity contribution in [2.24, 2.45) is 5.84 Å². The molecule has 0 aliphatic heterocycles. The number of carbonyl (C=O) groups excluding carboxylic acids is 1. The molecular formula is C15H14Cl2N2O2. The number of para-hydroxylation sites is 1. The van der Waals surface area contributed by atoms with Crippen LogP contribution in [0.2, 0.25) is 10.0 Å². The van der Waals surface area contributed by atoms with Crippen molar-refractivity contribution in [3.8, 4) is 5.75 Å². The van der Waals surface area contributed by atoms with E-state index in [1.807, 2.05) is 6.92 Å². The molecule has 0 bridgehead atoms. The maximum absolute atomic E-state index is 12.4. The molecule has 2 rings (SSSR count). The van der Waals surface area contributed by atoms with Crippen LogP contribution in [0, 0.1) is 0 Å². The number of hydrogen-bond acceptors (Lipinski definition) is 3. The van der Waals surface area contributed by atoms with Gasteiger partial charge in [-0.05, 0) is 43.3 Å². The fourth-order valence-electron chi connectivity index (χ4n) is 1.82. The van der Waals surface area contributed by atoms with Gasteiger partial charge in [0.1, 0.15) is 5.75 Å². The summed E-state index contributed by atoms with van der Waals surface area (Å²) >= 11 is 12.1. The Bertz CT molecular complexity index is 624. The van der Waals surface area contributed by atoms with Gasteiger partial charge in [0.2, 0.25) is 0 Å². The summed E-state index contributed by atoms with van der Waals surface area (Å²) in [5.74, 6) is 6.13. The van der Waals surface area contributed by atoms with Crippen LogP contribution >= 0.6 is 23.2 Å². The fourth-order valence-corrected chi connectivity index (χ4v) is 2.40. The Hall–Kier alpha value is -1.75. The Morgan fingerprint density at radius 3 is 2.24 bits per heavy atom. The fraction of sp³-hybridized carbons (Fsp3) is 0.133. The molecule has 2 aromatic rings. The second kappa shape index (κ2) is 6.80. The van der Waals surface area contributed by atoms with Gasteiger partial charge in [0.05, 0.1) is 22.3 Å². The second-order valence-electron chi connectivity index (χ2n) is 4.20. The van der Waals surface area contributed by atoms with Gasteiger partial charge in [-0.1, -0.05) is 29.3 Å². The molecule has 21 heavy (non-hydrogen) atoms. The lowest BCUT2D eigenvalue weighted by Crippen LogP contribution is -2.37. The number of benzene rings is 2. The summed E-state index contributed by atoms with van der Waals surface area (Å²) in [6.45, 7) is 2.45. The Morgan fingerprint density at radius 1 is 1.14 bits per heavy atom. The quantitative estimate of drug-likeness (QED) is 0.527. The van der Waals surface area contributed by atoms with E-state index >= 15 is 0 Å². The summed E-state index contributed by atoms with van der Waals surface area (Å²) in [7, 11) is 0. The lowest BCUT2D eigenvalue weighted by molar-refractivity contribution is 0.0987. The normalized spacial score (nSPS) is 10.3. The first-order valence-electron chi connectivity index (χ1n) is 6.30. The molecular weight excluding hydrogens is 311 g/mol. The molecule has 0 aromatic heterocycles. The molecule has 2 aromatic carbocycles. The first kappa shape index (κ1) is 15.6. The van der Waals surface area contributed by atoms with Crippen molar-refractivity contribution in [2.75, 3.05) is 11.6 Å². The molecule has 0 aliphatic carbocycles. The molecule has 0 saturated heterocycles. The van der Waals surface area contributed by atoms with E-state index < -0.39 is 5.91 Å². The van der Waals surface area contributed by atoms with Crippen LogP contribution in [0.4, 0.5) is 5.69 Å². The molecule has 0 unspecified atom stereocenters. The van der Waals surface area contributed by atoms with Crippen LogP contribution < -0.4 is 15.6 Å². The standard InChI is InChI=1S/C15H14Cl2N2O2/c1-2-21-11-8-6-10(7-9-11)15(20)19(18)14-12(16)4-3-5-13(14)17/h3-9H,2,18H2,1H3. The van der Waals surface area contributed by atoms with Crippen molar-refractivity contribution in [2.45, 2.75) is 6.92 Å². The van der Waals surface area contributed by atoms with Crippen molar-refractivity contribution in [1.29, 1.82) is 0 Å². The molecule has 4 nitrogen and oxygen atoms in total. The number of ether oxygens (including phenoxy) is 1. The Balaban J connectivity index is 2.27. The third kappa shape index (κ3) is 3.47. The monoisotopic (exact) mass is 324 g/mol. The minimum Gasteiger partial charge on any atom is -0.494 e. The average molecular weight is 325 g/mol. The van der Waals surface area contributed by atoms with Crippen molar-refractivity contribution >= 4 is 34.8 Å². The maximum Gasteiger partial charge on any atom is 0.272 e. The van der Waals surface area contributed by atoms with E-state index in [1.165, 1.54) is 0 Å². The number of nitrogens with zero attached hydrogens (tertiary/aromatic N) is 1. The number of carbonyl (C=O) groups is 1. The number of hydrazine groups is 1. The van der Waals surface area contributed by atoms with Crippen molar-refractivity contribution in [3.63, 3.8) is 0 Å². The van der Waals surface area contributed by atoms with Gasteiger partial charge in [-0.25, -0.2) is 10.9 Å². The summed E-state index contributed by atoms with van der Waals surface area (Å²) in [5, 5.41) is 1.56. The highest BCUT2D eigenvalue weighted by Gasteiger charge is 2.19. The van der Waals surface area contributed by atoms with Crippen LogP contribution in [-0.4, -0.2) is 12.5 Å². The third-order valence-electron chi connectivity index (χ3n) is 2.81. The van der Waals surface area contributed by atoms with Gasteiger partial charge in [0.15, 0.2) is 0 Å². The van der Waals surface area contributed by atoms with Crippen LogP contribution in [0.5, 0.6) is 5.75 Å². The molecule has 0 fully saturated rings. The van der Waals surface area contributed by atoms with E-state index in [0.717, 1.165) is 5.01 Å². The lowest BCUT2D eigenvalue weighted by Gasteiger charge is -2.19. The molecule has 0 heterocycles. The van der Waals surface area contributed by atoms with Crippen molar-refractivity contribution in [3.05, 3.63) is 58.1 Å². The minimum absolute atomic E-state index is 0.278. The smallest absolute Gasteiger partial charge is 0.272 e. The van der Waals surface area contributed by atoms with Gasteiger partial charge >= 0.3 is 0 Å². The first-order valence-corrected chi connectivity index (χ1v) is 7.06. The highest BCUT2D eigenvalue weighted by molar-refractivity contribution is 6.40. The highest BCUT2D eigenvalue weighted by atomic mass is 35.5. The van der Waals surface area contributed by atoms with Gasteiger partial charge in [-0.2, -0.15) is 0 Å². The van der Waals surface area contributed by atoms with E-state index in [2.05, 4.69) is 0 Å². The summed E-state index contributed by atoms with van der Waals surface area (Å²) in [6.07, 6.45) is 0. The third-order valence-corrected chi connectivity index (χ3v) is 3.42. The SMILES string of the molecule is CCOc1ccc(C(=O)N(N)c2c(Cl)cccc2Cl)cc1. The van der Waals surface area contributed by atoms with Crippen LogP contribution in [0.15, 0.2) is 42.5 Å². The summed E-state index contributed by atoms with van der Waals surface area (Å²) < 4.78 is 5.33. The molecule has 0 radical (unpaired) electrons. The van der Waals surface area contributed by atoms with E-state index in [9.17, 15) is 4.79 Å². The highest BCUT2D eigenvalue weighted by Crippen LogP contribution is 2.32. The van der Waals surface area contributed by atoms with Crippen LogP contribution in [0.1, 0.15) is 17.3 Å². The zero-order valence-corrected chi connectivity index (χ0v) is 12.9. The van der Waals surface area contributed by atoms with E-state index in [1.54, 1.807) is 42.5 Å². The van der Waals surface area contributed by atoms with Crippen molar-refractivity contribution in [1.82, 2.24) is 0 Å². The number of halogens is 2. The van der Waals surface area contributed by atoms with E-state index in [-0.39, 0.29) is 5.69 Å². The number of rotatable bonds is 4. The van der Waals surface area contributed by atoms with Crippen molar-refractivity contribution < 1.29 is 9.53 Å². The Labute approximate surface area is 133 Å². The van der Waals surface area contributed by atoms with Crippen LogP contribution in [0.3, 0.4) is 0 Å². The van der Waals surface area contributed by atoms with E-state index in [4.69, 9.17) is 33.8 Å². The predicted molar refractivity (Wildman–Crippen MR) is 85.1 cm³/mol. The summed E-state index contributed by atoms with van der Waals surface area (Å²) in [5.41, 5.74) is 0.691. The molecule has 0 atom stereocenters. The van der Waals surface area contributed by atoms with Gasteiger partial charge in [0, 0.05) is 5.56 Å². The van der Waals surface area contributed by atoms with Crippen LogP contribution in [-0.2, 0) is 0 Å². The number of nitrogens with two attached hydrogens (primary N) is 1. The summed E-state index contributed by atoms with van der Waals surface area (Å²) in [6, 6.07) is 11.6. The van der Waals surface area contributed by atoms with Gasteiger partial charge in [-0.15, -0.1) is 0 Å². The molecule has 6 heteroatoms. The van der Waals surface area contributed by atoms with Gasteiger partial charge in [-0.3, -0.25) is 4.79 Å². The Kier molecular flexibility index (Phi) is 5.07. The Morgan fingerprint density at radius 2 is 1.71 bits per heavy atom. The van der Waals surface area contributed by atoms with Gasteiger partial charge in [0.25, 0.3) is 5.91 Å². The zero-order valence-electron chi connectivity index (χ0n) is 11.3. The van der Waals surface area contributed by atoms with Crippen LogP contribution in [0.25, 0.3) is 0 Å². The largest absolute Gasteiger partial charge is 0.494 e. The summed E-state index contributed by atoms with van der Waals surface area (Å²) in [4.78, 5) is 12.4. The average Bonchev–Trinajstić information content (AvgIpc) is 2.47. The van der Waals surface area contributed by atoms with E-state index in [0.29, 0.717) is 28.0 Å². The topological polar surface area (TPSA) is 55.6 Å². The molecule has 110 valence electrons. The molecule has 0 spiro atoms.